The van der Waals surface area contributed by atoms with Crippen molar-refractivity contribution in [2.45, 2.75) is 26.3 Å². The molecule has 1 saturated heterocycles. The van der Waals surface area contributed by atoms with E-state index in [4.69, 9.17) is 0 Å². The number of nitrogens with one attached hydrogen (secondary N) is 1. The summed E-state index contributed by atoms with van der Waals surface area (Å²) in [7, 11) is 0. The number of allylic oxidation sites excluding steroid dienone is 1. The maximum absolute atomic E-state index is 3.39. The molecule has 1 aromatic heterocycles. The summed E-state index contributed by atoms with van der Waals surface area (Å²) in [5.41, 5.74) is 1.37. The highest BCUT2D eigenvalue weighted by Crippen LogP contribution is 2.18. The Morgan fingerprint density at radius 3 is 3.00 bits per heavy atom. The Balaban J connectivity index is 1.84. The van der Waals surface area contributed by atoms with E-state index in [-0.39, 0.29) is 0 Å². The number of hydrogen-bond acceptors (Lipinski definition) is 3. The Morgan fingerprint density at radius 1 is 1.41 bits per heavy atom. The monoisotopic (exact) mass is 250 g/mol. The van der Waals surface area contributed by atoms with Gasteiger partial charge in [-0.2, -0.15) is 0 Å². The molecule has 1 aromatic rings. The van der Waals surface area contributed by atoms with Crippen molar-refractivity contribution in [2.24, 2.45) is 0 Å². The van der Waals surface area contributed by atoms with Crippen molar-refractivity contribution in [3.63, 3.8) is 0 Å². The lowest BCUT2D eigenvalue weighted by molar-refractivity contribution is 0.235. The minimum absolute atomic E-state index is 1.12. The van der Waals surface area contributed by atoms with Crippen molar-refractivity contribution in [2.75, 3.05) is 26.2 Å². The van der Waals surface area contributed by atoms with Crippen LogP contribution in [0.1, 0.15) is 30.2 Å². The molecule has 0 aliphatic carbocycles. The van der Waals surface area contributed by atoms with Crippen LogP contribution in [0, 0.1) is 0 Å². The van der Waals surface area contributed by atoms with E-state index in [2.05, 4.69) is 40.7 Å². The number of hydrogen-bond donors (Lipinski definition) is 1. The Bertz CT molecular complexity index is 351. The number of unbranched alkanes of at least 4 members (excludes halogenated alkanes) is 1. The molecule has 0 aromatic carbocycles. The Kier molecular flexibility index (Phi) is 5.23. The van der Waals surface area contributed by atoms with Gasteiger partial charge in [0.2, 0.25) is 0 Å². The molecular formula is C14H22N2S. The summed E-state index contributed by atoms with van der Waals surface area (Å²) in [5.74, 6) is 0. The van der Waals surface area contributed by atoms with Crippen molar-refractivity contribution in [1.82, 2.24) is 10.2 Å². The van der Waals surface area contributed by atoms with E-state index in [9.17, 15) is 0 Å². The first-order chi connectivity index (χ1) is 8.38. The predicted molar refractivity (Wildman–Crippen MR) is 76.4 cm³/mol. The van der Waals surface area contributed by atoms with Gasteiger partial charge in [0.15, 0.2) is 0 Å². The normalized spacial score (nSPS) is 17.9. The molecule has 17 heavy (non-hydrogen) atoms. The minimum atomic E-state index is 1.12. The third kappa shape index (κ3) is 4.26. The zero-order valence-corrected chi connectivity index (χ0v) is 11.4. The molecule has 0 spiro atoms. The lowest BCUT2D eigenvalue weighted by Gasteiger charge is -2.26. The summed E-state index contributed by atoms with van der Waals surface area (Å²) in [6.45, 7) is 7.96. The molecule has 0 atom stereocenters. The summed E-state index contributed by atoms with van der Waals surface area (Å²) in [4.78, 5) is 4.02. The van der Waals surface area contributed by atoms with Gasteiger partial charge in [-0.1, -0.05) is 25.5 Å². The molecule has 2 heterocycles. The van der Waals surface area contributed by atoms with Crippen LogP contribution in [0.3, 0.4) is 0 Å². The van der Waals surface area contributed by atoms with Crippen LogP contribution in [0.4, 0.5) is 0 Å². The van der Waals surface area contributed by atoms with E-state index in [0.29, 0.717) is 0 Å². The van der Waals surface area contributed by atoms with Crippen molar-refractivity contribution < 1.29 is 0 Å². The first-order valence-corrected chi connectivity index (χ1v) is 7.43. The molecule has 1 N–H and O–H groups in total. The van der Waals surface area contributed by atoms with Gasteiger partial charge in [-0.15, -0.1) is 11.3 Å². The summed E-state index contributed by atoms with van der Waals surface area (Å²) in [6, 6.07) is 2.33. The molecule has 94 valence electrons. The quantitative estimate of drug-likeness (QED) is 0.864. The molecule has 0 unspecified atom stereocenters. The fraction of sp³-hybridized carbons (Fsp3) is 0.571. The van der Waals surface area contributed by atoms with Gasteiger partial charge in [0.05, 0.1) is 0 Å². The Morgan fingerprint density at radius 2 is 2.24 bits per heavy atom. The van der Waals surface area contributed by atoms with Gasteiger partial charge < -0.3 is 5.32 Å². The molecule has 1 aliphatic heterocycles. The zero-order valence-electron chi connectivity index (χ0n) is 10.6. The second-order valence-electron chi connectivity index (χ2n) is 4.56. The van der Waals surface area contributed by atoms with Crippen LogP contribution in [-0.2, 0) is 6.54 Å². The second-order valence-corrected chi connectivity index (χ2v) is 5.56. The first-order valence-electron chi connectivity index (χ1n) is 6.55. The predicted octanol–water partition coefficient (Wildman–Crippen LogP) is 2.97. The molecule has 0 radical (unpaired) electrons. The van der Waals surface area contributed by atoms with E-state index < -0.39 is 0 Å². The fourth-order valence-corrected chi connectivity index (χ4v) is 2.94. The summed E-state index contributed by atoms with van der Waals surface area (Å²) >= 11 is 1.89. The summed E-state index contributed by atoms with van der Waals surface area (Å²) in [5, 5.41) is 5.66. The Labute approximate surface area is 108 Å². The topological polar surface area (TPSA) is 15.3 Å². The molecule has 2 nitrogen and oxygen atoms in total. The Hall–Kier alpha value is -0.640. The van der Waals surface area contributed by atoms with Crippen molar-refractivity contribution >= 4 is 17.4 Å². The average molecular weight is 250 g/mol. The molecule has 0 amide bonds. The fourth-order valence-electron chi connectivity index (χ4n) is 2.04. The van der Waals surface area contributed by atoms with Crippen LogP contribution < -0.4 is 5.32 Å². The van der Waals surface area contributed by atoms with Crippen molar-refractivity contribution in [1.29, 1.82) is 0 Å². The van der Waals surface area contributed by atoms with Gasteiger partial charge in [-0.3, -0.25) is 4.90 Å². The van der Waals surface area contributed by atoms with E-state index in [1.807, 2.05) is 11.3 Å². The van der Waals surface area contributed by atoms with Crippen LogP contribution in [0.2, 0.25) is 0 Å². The molecular weight excluding hydrogens is 228 g/mol. The van der Waals surface area contributed by atoms with E-state index in [1.54, 1.807) is 0 Å². The van der Waals surface area contributed by atoms with Crippen LogP contribution >= 0.6 is 11.3 Å². The van der Waals surface area contributed by atoms with Gasteiger partial charge in [-0.05, 0) is 23.4 Å². The first kappa shape index (κ1) is 12.8. The highest BCUT2D eigenvalue weighted by molar-refractivity contribution is 7.10. The third-order valence-electron chi connectivity index (χ3n) is 3.03. The van der Waals surface area contributed by atoms with Gasteiger partial charge in [0, 0.05) is 37.6 Å². The standard InChI is InChI=1S/C14H22N2S/c1-2-3-4-5-13-10-14(17-12-13)11-16-8-6-15-7-9-16/h4-5,10,12,15H,2-3,6-9,11H2,1H3/b5-4+. The van der Waals surface area contributed by atoms with E-state index in [1.165, 1.54) is 36.4 Å². The van der Waals surface area contributed by atoms with Crippen LogP contribution in [-0.4, -0.2) is 31.1 Å². The van der Waals surface area contributed by atoms with Crippen LogP contribution in [0.5, 0.6) is 0 Å². The lowest BCUT2D eigenvalue weighted by atomic mass is 10.2. The zero-order chi connectivity index (χ0) is 11.9. The molecule has 3 heteroatoms. The molecule has 2 rings (SSSR count). The van der Waals surface area contributed by atoms with Gasteiger partial charge in [-0.25, -0.2) is 0 Å². The molecule has 1 aliphatic rings. The number of rotatable bonds is 5. The maximum Gasteiger partial charge on any atom is 0.0329 e. The highest BCUT2D eigenvalue weighted by atomic mass is 32.1. The smallest absolute Gasteiger partial charge is 0.0329 e. The molecule has 0 bridgehead atoms. The molecule has 0 saturated carbocycles. The van der Waals surface area contributed by atoms with Crippen molar-refractivity contribution in [3.8, 4) is 0 Å². The van der Waals surface area contributed by atoms with Crippen molar-refractivity contribution in [3.05, 3.63) is 28.0 Å². The van der Waals surface area contributed by atoms with Crippen LogP contribution in [0.15, 0.2) is 17.5 Å². The number of nitrogens with zero attached hydrogens (tertiary/aromatic N) is 1. The SMILES string of the molecule is CCC/C=C/c1csc(CN2CCNCC2)c1. The van der Waals surface area contributed by atoms with Gasteiger partial charge >= 0.3 is 0 Å². The van der Waals surface area contributed by atoms with Gasteiger partial charge in [0.25, 0.3) is 0 Å². The lowest BCUT2D eigenvalue weighted by Crippen LogP contribution is -2.42. The average Bonchev–Trinajstić information content (AvgIpc) is 2.79. The maximum atomic E-state index is 3.39. The van der Waals surface area contributed by atoms with E-state index >= 15 is 0 Å². The highest BCUT2D eigenvalue weighted by Gasteiger charge is 2.10. The number of thiophene rings is 1. The van der Waals surface area contributed by atoms with Crippen LogP contribution in [0.25, 0.3) is 6.08 Å². The van der Waals surface area contributed by atoms with E-state index in [0.717, 1.165) is 19.6 Å². The third-order valence-corrected chi connectivity index (χ3v) is 3.97. The minimum Gasteiger partial charge on any atom is -0.314 e. The number of piperazine rings is 1. The summed E-state index contributed by atoms with van der Waals surface area (Å²) in [6.07, 6.45) is 6.94. The van der Waals surface area contributed by atoms with Gasteiger partial charge in [0.1, 0.15) is 0 Å². The largest absolute Gasteiger partial charge is 0.314 e. The molecule has 1 fully saturated rings. The summed E-state index contributed by atoms with van der Waals surface area (Å²) < 4.78 is 0. The second kappa shape index (κ2) is 6.94.